The number of methoxy groups -OCH3 is 1. The van der Waals surface area contributed by atoms with Crippen LogP contribution < -0.4 is 26.0 Å². The van der Waals surface area contributed by atoms with Crippen molar-refractivity contribution in [3.63, 3.8) is 0 Å². The number of aromatic amines is 1. The predicted octanol–water partition coefficient (Wildman–Crippen LogP) is 12.1. The molecule has 85 heavy (non-hydrogen) atoms. The summed E-state index contributed by atoms with van der Waals surface area (Å²) in [6.07, 6.45) is 12.1. The number of piperazine rings is 1. The van der Waals surface area contributed by atoms with E-state index in [0.29, 0.717) is 29.5 Å². The second kappa shape index (κ2) is 27.9. The van der Waals surface area contributed by atoms with Crippen molar-refractivity contribution in [1.29, 1.82) is 0 Å². The number of nitrogens with one attached hydrogen (secondary N) is 3. The molecular formula is C68H80N10O5S2. The number of aromatic nitrogens is 4. The molecule has 0 spiro atoms. The molecule has 0 atom stereocenters. The summed E-state index contributed by atoms with van der Waals surface area (Å²) in [5, 5.41) is 8.05. The molecule has 0 radical (unpaired) electrons. The Morgan fingerprint density at radius 2 is 1.56 bits per heavy atom. The van der Waals surface area contributed by atoms with E-state index in [9.17, 15) is 14.4 Å². The Bertz CT molecular complexity index is 3660. The van der Waals surface area contributed by atoms with Crippen molar-refractivity contribution in [2.45, 2.75) is 104 Å². The van der Waals surface area contributed by atoms with Gasteiger partial charge in [0.25, 0.3) is 17.4 Å². The maximum Gasteiger partial charge on any atom is 0.275 e. The number of benzene rings is 4. The lowest BCUT2D eigenvalue weighted by Gasteiger charge is -2.37. The monoisotopic (exact) mass is 1180 g/mol. The summed E-state index contributed by atoms with van der Waals surface area (Å²) in [5.41, 5.74) is 14.0. The fraction of sp³-hybridized carbons (Fsp3) is 0.412. The minimum absolute atomic E-state index is 0.0946. The normalized spacial score (nSPS) is 15.8. The van der Waals surface area contributed by atoms with Gasteiger partial charge in [0, 0.05) is 129 Å². The fourth-order valence-corrected chi connectivity index (χ4v) is 14.6. The van der Waals surface area contributed by atoms with Crippen molar-refractivity contribution in [1.82, 2.24) is 35.1 Å². The van der Waals surface area contributed by atoms with Crippen LogP contribution in [0.3, 0.4) is 0 Å². The summed E-state index contributed by atoms with van der Waals surface area (Å²) >= 11 is 3.23. The van der Waals surface area contributed by atoms with E-state index < -0.39 is 0 Å². The van der Waals surface area contributed by atoms with Gasteiger partial charge in [-0.2, -0.15) is 0 Å². The molecular weight excluding hydrogens is 1100 g/mol. The van der Waals surface area contributed by atoms with Crippen LogP contribution in [0.5, 0.6) is 0 Å². The second-order valence-electron chi connectivity index (χ2n) is 23.0. The van der Waals surface area contributed by atoms with Gasteiger partial charge in [0.05, 0.1) is 15.9 Å². The number of aryl methyl sites for hydroxylation is 2. The van der Waals surface area contributed by atoms with Gasteiger partial charge in [-0.3, -0.25) is 19.3 Å². The minimum atomic E-state index is -0.202. The highest BCUT2D eigenvalue weighted by atomic mass is 32.1. The molecule has 0 bridgehead atoms. The predicted molar refractivity (Wildman–Crippen MR) is 346 cm³/mol. The average molecular weight is 1180 g/mol. The Morgan fingerprint density at radius 3 is 2.32 bits per heavy atom. The molecule has 7 heterocycles. The highest BCUT2D eigenvalue weighted by Gasteiger charge is 2.27. The third kappa shape index (κ3) is 14.1. The molecule has 0 saturated carbocycles. The molecule has 8 aromatic rings. The zero-order chi connectivity index (χ0) is 58.8. The lowest BCUT2D eigenvalue weighted by Crippen LogP contribution is -2.44. The zero-order valence-electron chi connectivity index (χ0n) is 49.9. The van der Waals surface area contributed by atoms with Gasteiger partial charge in [-0.15, -0.1) is 22.7 Å². The van der Waals surface area contributed by atoms with Crippen molar-refractivity contribution in [2.75, 3.05) is 94.9 Å². The molecule has 15 nitrogen and oxygen atoms in total. The average Bonchev–Trinajstić information content (AvgIpc) is 4.39. The van der Waals surface area contributed by atoms with E-state index in [4.69, 9.17) is 24.4 Å². The molecule has 3 N–H and O–H groups in total. The molecule has 0 unspecified atom stereocenters. The number of hydrogen-bond donors (Lipinski definition) is 3. The van der Waals surface area contributed by atoms with Crippen LogP contribution in [-0.2, 0) is 41.8 Å². The fourth-order valence-electron chi connectivity index (χ4n) is 12.5. The largest absolute Gasteiger partial charge is 0.385 e. The van der Waals surface area contributed by atoms with Gasteiger partial charge in [-0.05, 0) is 181 Å². The summed E-state index contributed by atoms with van der Waals surface area (Å²) in [6, 6.07) is 33.3. The first kappa shape index (κ1) is 59.6. The van der Waals surface area contributed by atoms with Gasteiger partial charge in [0.1, 0.15) is 21.5 Å². The van der Waals surface area contributed by atoms with Crippen LogP contribution in [0.1, 0.15) is 111 Å². The molecule has 4 aliphatic rings. The number of rotatable bonds is 18. The molecule has 3 saturated heterocycles. The first-order valence-corrected chi connectivity index (χ1v) is 32.1. The number of pyridine rings is 2. The number of likely N-dealkylation sites (N-methyl/N-ethyl adjacent to an activating group) is 1. The van der Waals surface area contributed by atoms with E-state index in [2.05, 4.69) is 85.6 Å². The number of hydrogen-bond acceptors (Lipinski definition) is 14. The second-order valence-corrected chi connectivity index (χ2v) is 25.1. The van der Waals surface area contributed by atoms with Crippen LogP contribution in [0.25, 0.3) is 42.5 Å². The number of likely N-dealkylation sites (tertiary alicyclic amines) is 1. The number of para-hydroxylation sites is 1. The number of thiazole rings is 2. The highest BCUT2D eigenvalue weighted by molar-refractivity contribution is 7.21. The summed E-state index contributed by atoms with van der Waals surface area (Å²) in [6.45, 7) is 16.7. The van der Waals surface area contributed by atoms with E-state index in [1.54, 1.807) is 29.8 Å². The van der Waals surface area contributed by atoms with E-state index in [-0.39, 0.29) is 23.9 Å². The van der Waals surface area contributed by atoms with Crippen molar-refractivity contribution in [3.05, 3.63) is 163 Å². The van der Waals surface area contributed by atoms with Gasteiger partial charge in [0.2, 0.25) is 0 Å². The number of carbonyl (C=O) groups is 2. The third-order valence-corrected chi connectivity index (χ3v) is 19.5. The Labute approximate surface area is 507 Å². The molecule has 17 heteroatoms. The lowest BCUT2D eigenvalue weighted by atomic mass is 9.88. The number of ether oxygens (including phenoxy) is 2. The summed E-state index contributed by atoms with van der Waals surface area (Å²) in [7, 11) is 3.85. The van der Waals surface area contributed by atoms with Crippen LogP contribution in [0.15, 0.2) is 108 Å². The van der Waals surface area contributed by atoms with E-state index in [1.165, 1.54) is 37.1 Å². The maximum absolute atomic E-state index is 14.0. The number of H-pyrrole nitrogens is 1. The third-order valence-electron chi connectivity index (χ3n) is 17.2. The van der Waals surface area contributed by atoms with Crippen LogP contribution in [0, 0.1) is 13.8 Å². The molecule has 1 aliphatic carbocycles. The van der Waals surface area contributed by atoms with Crippen molar-refractivity contribution >= 4 is 61.9 Å². The number of nitrogens with zero attached hydrogens (tertiary/aromatic N) is 7. The van der Waals surface area contributed by atoms with Gasteiger partial charge in [-0.1, -0.05) is 48.5 Å². The Morgan fingerprint density at radius 1 is 0.800 bits per heavy atom. The SMILES string of the molecule is CCN(c1cc(-c2ccc(N3CCN(C)CC3)nc2)cc(C(=O)NCc2c3c(c(C)[nH]c2=O)CCCC3)c1C)C1CCOCC1.COCCCc1sc(-c2ccccc2)nc1C(=O)Nc1ccccc1-c1nc2cc(CN3CCCC3)ccc2s1. The molecule has 3 aliphatic heterocycles. The highest BCUT2D eigenvalue weighted by Crippen LogP contribution is 2.38. The van der Waals surface area contributed by atoms with Gasteiger partial charge in [0.15, 0.2) is 0 Å². The maximum atomic E-state index is 14.0. The van der Waals surface area contributed by atoms with Gasteiger partial charge >= 0.3 is 0 Å². The lowest BCUT2D eigenvalue weighted by molar-refractivity contribution is 0.0845. The van der Waals surface area contributed by atoms with Gasteiger partial charge in [-0.25, -0.2) is 15.0 Å². The topological polar surface area (TPSA) is 161 Å². The number of amides is 2. The van der Waals surface area contributed by atoms with Crippen molar-refractivity contribution in [2.24, 2.45) is 0 Å². The van der Waals surface area contributed by atoms with Crippen LogP contribution >= 0.6 is 22.7 Å². The van der Waals surface area contributed by atoms with E-state index >= 15 is 0 Å². The summed E-state index contributed by atoms with van der Waals surface area (Å²) in [4.78, 5) is 69.0. The first-order chi connectivity index (χ1) is 41.5. The van der Waals surface area contributed by atoms with Crippen LogP contribution in [-0.4, -0.2) is 127 Å². The standard InChI is InChI=1S/C36H48N6O3.C32H32N4O2S2/c1-5-42(28-12-18-45-19-13-28)33-21-27(26-10-11-34(37-22-26)41-16-14-40(4)15-17-41)20-31(24(33)2)35(43)38-23-32-30-9-7-6-8-29(30)25(3)39-36(32)44;1-38-19-9-14-28-29(35-31(40-28)23-10-3-2-4-11-23)30(37)33-25-13-6-5-12-24(25)32-34-26-20-22(15-16-27(26)39-32)21-36-17-7-8-18-36/h10-11,20-22,28H,5-9,12-19,23H2,1-4H3,(H,38,43)(H,39,44);2-6,10-13,15-16,20H,7-9,14,17-19,21H2,1H3,(H,33,37). The van der Waals surface area contributed by atoms with Gasteiger partial charge < -0.3 is 39.8 Å². The summed E-state index contributed by atoms with van der Waals surface area (Å²) < 4.78 is 12.1. The van der Waals surface area contributed by atoms with Crippen molar-refractivity contribution in [3.8, 4) is 32.3 Å². The Balaban J connectivity index is 0.000000178. The van der Waals surface area contributed by atoms with E-state index in [1.807, 2.05) is 80.7 Å². The number of anilines is 3. The molecule has 2 amide bonds. The molecule has 3 fully saturated rings. The van der Waals surface area contributed by atoms with Crippen molar-refractivity contribution < 1.29 is 19.1 Å². The first-order valence-electron chi connectivity index (χ1n) is 30.5. The zero-order valence-corrected chi connectivity index (χ0v) is 51.6. The Hall–Kier alpha value is -7.12. The Kier molecular flexibility index (Phi) is 19.6. The number of carbonyl (C=O) groups excluding carboxylic acids is 2. The molecule has 4 aromatic heterocycles. The molecule has 444 valence electrons. The molecule has 4 aromatic carbocycles. The smallest absolute Gasteiger partial charge is 0.275 e. The molecule has 12 rings (SSSR count). The van der Waals surface area contributed by atoms with E-state index in [0.717, 1.165) is 185 Å². The minimum Gasteiger partial charge on any atom is -0.385 e. The summed E-state index contributed by atoms with van der Waals surface area (Å²) in [5.74, 6) is 0.624. The quantitative estimate of drug-likeness (QED) is 0.0699. The van der Waals surface area contributed by atoms with Crippen LogP contribution in [0.4, 0.5) is 17.2 Å². The van der Waals surface area contributed by atoms with Crippen LogP contribution in [0.2, 0.25) is 0 Å². The number of fused-ring (bicyclic) bond motifs is 2.